The second-order valence-corrected chi connectivity index (χ2v) is 3.96. The first-order valence-electron chi connectivity index (χ1n) is 5.68. The molecule has 100 valence electrons. The summed E-state index contributed by atoms with van der Waals surface area (Å²) in [6.45, 7) is 0. The molecule has 8 heteroatoms. The van der Waals surface area contributed by atoms with Crippen molar-refractivity contribution in [1.82, 2.24) is 15.0 Å². The Bertz CT molecular complexity index is 744. The summed E-state index contributed by atoms with van der Waals surface area (Å²) in [6, 6.07) is 7.04. The van der Waals surface area contributed by atoms with Gasteiger partial charge in [-0.2, -0.15) is 0 Å². The van der Waals surface area contributed by atoms with Crippen molar-refractivity contribution < 1.29 is 9.21 Å². The monoisotopic (exact) mass is 270 g/mol. The number of nitrogen functional groups attached to an aromatic ring is 2. The van der Waals surface area contributed by atoms with Crippen LogP contribution in [0, 0.1) is 0 Å². The number of aromatic nitrogens is 3. The number of benzene rings is 1. The van der Waals surface area contributed by atoms with Gasteiger partial charge >= 0.3 is 5.91 Å². The van der Waals surface area contributed by atoms with Crippen LogP contribution >= 0.6 is 0 Å². The van der Waals surface area contributed by atoms with E-state index >= 15 is 0 Å². The number of rotatable bonds is 2. The van der Waals surface area contributed by atoms with Gasteiger partial charge in [-0.05, 0) is 12.1 Å². The Morgan fingerprint density at radius 3 is 2.55 bits per heavy atom. The lowest BCUT2D eigenvalue weighted by atomic mass is 10.3. The minimum Gasteiger partial charge on any atom is -0.432 e. The largest absolute Gasteiger partial charge is 0.432 e. The lowest BCUT2D eigenvalue weighted by Crippen LogP contribution is -2.16. The predicted molar refractivity (Wildman–Crippen MR) is 72.8 cm³/mol. The first-order valence-corrected chi connectivity index (χ1v) is 5.68. The van der Waals surface area contributed by atoms with E-state index in [0.29, 0.717) is 11.1 Å². The van der Waals surface area contributed by atoms with Crippen molar-refractivity contribution in [2.45, 2.75) is 0 Å². The van der Waals surface area contributed by atoms with Crippen molar-refractivity contribution in [2.24, 2.45) is 0 Å². The van der Waals surface area contributed by atoms with Gasteiger partial charge in [0.25, 0.3) is 5.89 Å². The zero-order valence-corrected chi connectivity index (χ0v) is 10.2. The van der Waals surface area contributed by atoms with Crippen LogP contribution in [0.5, 0.6) is 0 Å². The first-order chi connectivity index (χ1) is 9.65. The van der Waals surface area contributed by atoms with E-state index in [1.165, 1.54) is 6.33 Å². The molecular formula is C12H10N6O2. The molecule has 2 heterocycles. The van der Waals surface area contributed by atoms with E-state index in [4.69, 9.17) is 15.9 Å². The Balaban J connectivity index is 1.93. The van der Waals surface area contributed by atoms with Gasteiger partial charge in [0.2, 0.25) is 0 Å². The Hall–Kier alpha value is -3.16. The summed E-state index contributed by atoms with van der Waals surface area (Å²) in [5, 5.41) is 2.49. The molecule has 1 amide bonds. The van der Waals surface area contributed by atoms with E-state index in [9.17, 15) is 4.79 Å². The van der Waals surface area contributed by atoms with Gasteiger partial charge in [0, 0.05) is 0 Å². The second kappa shape index (κ2) is 4.50. The summed E-state index contributed by atoms with van der Waals surface area (Å²) in [4.78, 5) is 23.6. The third-order valence-electron chi connectivity index (χ3n) is 2.63. The van der Waals surface area contributed by atoms with Crippen LogP contribution in [0.15, 0.2) is 35.0 Å². The smallest absolute Gasteiger partial charge is 0.311 e. The predicted octanol–water partition coefficient (Wildman–Crippen LogP) is 1.03. The molecule has 2 aromatic heterocycles. The van der Waals surface area contributed by atoms with E-state index < -0.39 is 5.91 Å². The van der Waals surface area contributed by atoms with Crippen LogP contribution in [-0.2, 0) is 0 Å². The van der Waals surface area contributed by atoms with Gasteiger partial charge in [-0.25, -0.2) is 15.0 Å². The highest BCUT2D eigenvalue weighted by atomic mass is 16.4. The summed E-state index contributed by atoms with van der Waals surface area (Å²) < 4.78 is 5.34. The van der Waals surface area contributed by atoms with Crippen LogP contribution in [0.25, 0.3) is 11.1 Å². The maximum absolute atomic E-state index is 12.1. The molecule has 0 atom stereocenters. The summed E-state index contributed by atoms with van der Waals surface area (Å²) in [5.74, 6) is -0.521. The van der Waals surface area contributed by atoms with E-state index in [2.05, 4.69) is 20.3 Å². The summed E-state index contributed by atoms with van der Waals surface area (Å²) in [5.41, 5.74) is 12.5. The molecule has 5 N–H and O–H groups in total. The topological polar surface area (TPSA) is 133 Å². The molecular weight excluding hydrogens is 260 g/mol. The highest BCUT2D eigenvalue weighted by molar-refractivity contribution is 6.05. The fourth-order valence-corrected chi connectivity index (χ4v) is 1.68. The van der Waals surface area contributed by atoms with Crippen molar-refractivity contribution in [3.05, 3.63) is 36.5 Å². The molecule has 0 unspecified atom stereocenters. The van der Waals surface area contributed by atoms with E-state index in [1.807, 2.05) is 0 Å². The summed E-state index contributed by atoms with van der Waals surface area (Å²) in [6.07, 6.45) is 1.21. The van der Waals surface area contributed by atoms with Gasteiger partial charge in [-0.3, -0.25) is 4.79 Å². The summed E-state index contributed by atoms with van der Waals surface area (Å²) in [7, 11) is 0. The molecule has 0 aliphatic rings. The molecule has 1 aromatic carbocycles. The number of nitrogens with two attached hydrogens (primary N) is 2. The van der Waals surface area contributed by atoms with Crippen molar-refractivity contribution in [3.63, 3.8) is 0 Å². The quantitative estimate of drug-likeness (QED) is 0.633. The number of hydrogen-bond donors (Lipinski definition) is 3. The molecule has 0 aliphatic heterocycles. The van der Waals surface area contributed by atoms with Gasteiger partial charge in [-0.15, -0.1) is 0 Å². The van der Waals surface area contributed by atoms with E-state index in [0.717, 1.165) is 0 Å². The number of fused-ring (bicyclic) bond motifs is 1. The van der Waals surface area contributed by atoms with Gasteiger partial charge < -0.3 is 21.2 Å². The maximum Gasteiger partial charge on any atom is 0.311 e. The molecule has 0 bridgehead atoms. The number of nitrogens with one attached hydrogen (secondary N) is 1. The number of amides is 1. The molecule has 0 radical (unpaired) electrons. The Morgan fingerprint density at radius 1 is 1.15 bits per heavy atom. The highest BCUT2D eigenvalue weighted by Crippen LogP contribution is 2.22. The Labute approximate surface area is 112 Å². The minimum atomic E-state index is -0.575. The lowest BCUT2D eigenvalue weighted by Gasteiger charge is -2.06. The van der Waals surface area contributed by atoms with Crippen LogP contribution in [0.2, 0.25) is 0 Å². The number of hydrogen-bond acceptors (Lipinski definition) is 7. The fourth-order valence-electron chi connectivity index (χ4n) is 1.68. The molecule has 0 aliphatic carbocycles. The number of carbonyl (C=O) groups is 1. The molecule has 8 nitrogen and oxygen atoms in total. The van der Waals surface area contributed by atoms with Gasteiger partial charge in [0.05, 0.1) is 0 Å². The van der Waals surface area contributed by atoms with Crippen molar-refractivity contribution in [3.8, 4) is 0 Å². The Kier molecular flexibility index (Phi) is 2.68. The SMILES string of the molecule is Nc1ncnc(N)c1NC(=O)c1nc2ccccc2o1. The maximum atomic E-state index is 12.1. The third kappa shape index (κ3) is 1.99. The van der Waals surface area contributed by atoms with Crippen molar-refractivity contribution >= 4 is 34.3 Å². The molecule has 0 saturated carbocycles. The van der Waals surface area contributed by atoms with E-state index in [-0.39, 0.29) is 23.2 Å². The van der Waals surface area contributed by atoms with Gasteiger partial charge in [-0.1, -0.05) is 12.1 Å². The Morgan fingerprint density at radius 2 is 1.85 bits per heavy atom. The number of nitrogens with zero attached hydrogens (tertiary/aromatic N) is 3. The number of para-hydroxylation sites is 2. The number of oxazole rings is 1. The minimum absolute atomic E-state index is 0.0713. The average Bonchev–Trinajstić information content (AvgIpc) is 2.87. The highest BCUT2D eigenvalue weighted by Gasteiger charge is 2.17. The van der Waals surface area contributed by atoms with Crippen molar-refractivity contribution in [2.75, 3.05) is 16.8 Å². The van der Waals surface area contributed by atoms with Crippen LogP contribution in [-0.4, -0.2) is 20.9 Å². The average molecular weight is 270 g/mol. The van der Waals surface area contributed by atoms with Crippen molar-refractivity contribution in [1.29, 1.82) is 0 Å². The zero-order chi connectivity index (χ0) is 14.1. The van der Waals surface area contributed by atoms with Crippen LogP contribution in [0.3, 0.4) is 0 Å². The standard InChI is InChI=1S/C12H10N6O2/c13-9-8(10(14)16-5-15-9)18-11(19)12-17-6-3-1-2-4-7(6)20-12/h1-5H,(H,18,19)(H4,13,14,15,16). The molecule has 0 fully saturated rings. The van der Waals surface area contributed by atoms with Crippen LogP contribution in [0.1, 0.15) is 10.7 Å². The van der Waals surface area contributed by atoms with Gasteiger partial charge in [0.1, 0.15) is 17.5 Å². The second-order valence-electron chi connectivity index (χ2n) is 3.96. The normalized spacial score (nSPS) is 10.6. The third-order valence-corrected chi connectivity index (χ3v) is 2.63. The fraction of sp³-hybridized carbons (Fsp3) is 0. The number of anilines is 3. The molecule has 20 heavy (non-hydrogen) atoms. The summed E-state index contributed by atoms with van der Waals surface area (Å²) >= 11 is 0. The zero-order valence-electron chi connectivity index (χ0n) is 10.2. The first kappa shape index (κ1) is 11.9. The lowest BCUT2D eigenvalue weighted by molar-refractivity contribution is 0.0992. The molecule has 0 saturated heterocycles. The van der Waals surface area contributed by atoms with Crippen LogP contribution < -0.4 is 16.8 Å². The van der Waals surface area contributed by atoms with Gasteiger partial charge in [0.15, 0.2) is 17.2 Å². The molecule has 0 spiro atoms. The number of carbonyl (C=O) groups excluding carboxylic acids is 1. The van der Waals surface area contributed by atoms with E-state index in [1.54, 1.807) is 24.3 Å². The molecule has 3 rings (SSSR count). The van der Waals surface area contributed by atoms with Crippen LogP contribution in [0.4, 0.5) is 17.3 Å². The molecule has 3 aromatic rings.